The Kier molecular flexibility index (Phi) is 3.91. The maximum Gasteiger partial charge on any atom is 0.303 e. The molecule has 0 atom stereocenters. The number of carboxylic acid groups (broad SMARTS) is 1. The highest BCUT2D eigenvalue weighted by molar-refractivity contribution is 5.67. The van der Waals surface area contributed by atoms with E-state index in [0.29, 0.717) is 13.0 Å². The smallest absolute Gasteiger partial charge is 0.303 e. The Balaban J connectivity index is 2.68. The summed E-state index contributed by atoms with van der Waals surface area (Å²) in [6.07, 6.45) is 3.84. The first-order valence-corrected chi connectivity index (χ1v) is 4.51. The van der Waals surface area contributed by atoms with Gasteiger partial charge in [0.15, 0.2) is 0 Å². The summed E-state index contributed by atoms with van der Waals surface area (Å²) in [5, 5.41) is 8.53. The topological polar surface area (TPSA) is 59.4 Å². The van der Waals surface area contributed by atoms with E-state index in [2.05, 4.69) is 4.98 Å². The summed E-state index contributed by atoms with van der Waals surface area (Å²) >= 11 is 0. The Labute approximate surface area is 82.5 Å². The van der Waals surface area contributed by atoms with Crippen LogP contribution in [0.5, 0.6) is 5.75 Å². The minimum atomic E-state index is -0.809. The van der Waals surface area contributed by atoms with Crippen molar-refractivity contribution in [2.24, 2.45) is 0 Å². The number of carbonyl (C=O) groups is 1. The molecule has 1 rings (SSSR count). The van der Waals surface area contributed by atoms with Gasteiger partial charge in [0.1, 0.15) is 5.75 Å². The van der Waals surface area contributed by atoms with Crippen LogP contribution in [-0.2, 0) is 11.2 Å². The molecule has 1 heterocycles. The van der Waals surface area contributed by atoms with Crippen molar-refractivity contribution in [3.63, 3.8) is 0 Å². The van der Waals surface area contributed by atoms with Crippen LogP contribution < -0.4 is 4.74 Å². The van der Waals surface area contributed by atoms with E-state index in [9.17, 15) is 4.79 Å². The van der Waals surface area contributed by atoms with Gasteiger partial charge in [-0.3, -0.25) is 9.78 Å². The van der Waals surface area contributed by atoms with Gasteiger partial charge in [-0.2, -0.15) is 0 Å². The number of hydrogen-bond acceptors (Lipinski definition) is 3. The summed E-state index contributed by atoms with van der Waals surface area (Å²) in [6, 6.07) is 1.75. The van der Waals surface area contributed by atoms with E-state index < -0.39 is 5.97 Å². The highest BCUT2D eigenvalue weighted by atomic mass is 16.5. The number of aliphatic carboxylic acids is 1. The third kappa shape index (κ3) is 3.05. The summed E-state index contributed by atoms with van der Waals surface area (Å²) in [7, 11) is 0. The van der Waals surface area contributed by atoms with E-state index >= 15 is 0 Å². The maximum atomic E-state index is 10.4. The van der Waals surface area contributed by atoms with Crippen molar-refractivity contribution < 1.29 is 14.6 Å². The maximum absolute atomic E-state index is 10.4. The molecule has 0 aliphatic carbocycles. The fourth-order valence-corrected chi connectivity index (χ4v) is 1.14. The molecule has 14 heavy (non-hydrogen) atoms. The first-order valence-electron chi connectivity index (χ1n) is 4.51. The molecule has 0 saturated carbocycles. The predicted molar refractivity (Wildman–Crippen MR) is 51.4 cm³/mol. The van der Waals surface area contributed by atoms with Crippen LogP contribution in [0.2, 0.25) is 0 Å². The molecule has 0 amide bonds. The molecule has 1 N–H and O–H groups in total. The van der Waals surface area contributed by atoms with E-state index in [1.54, 1.807) is 18.5 Å². The molecule has 0 aliphatic rings. The molecule has 76 valence electrons. The molecule has 0 fully saturated rings. The lowest BCUT2D eigenvalue weighted by Gasteiger charge is -2.07. The first-order chi connectivity index (χ1) is 6.74. The third-order valence-corrected chi connectivity index (χ3v) is 1.77. The zero-order valence-electron chi connectivity index (χ0n) is 8.06. The van der Waals surface area contributed by atoms with Gasteiger partial charge in [0.2, 0.25) is 0 Å². The molecule has 0 saturated heterocycles. The Morgan fingerprint density at radius 2 is 2.43 bits per heavy atom. The molecule has 4 heteroatoms. The number of ether oxygens (including phenoxy) is 1. The van der Waals surface area contributed by atoms with Crippen molar-refractivity contribution in [2.45, 2.75) is 19.8 Å². The summed E-state index contributed by atoms with van der Waals surface area (Å²) < 4.78 is 5.34. The van der Waals surface area contributed by atoms with Gasteiger partial charge in [0.25, 0.3) is 0 Å². The third-order valence-electron chi connectivity index (χ3n) is 1.77. The fraction of sp³-hybridized carbons (Fsp3) is 0.400. The number of hydrogen-bond donors (Lipinski definition) is 1. The minimum Gasteiger partial charge on any atom is -0.493 e. The number of aryl methyl sites for hydroxylation is 1. The summed E-state index contributed by atoms with van der Waals surface area (Å²) in [4.78, 5) is 14.3. The van der Waals surface area contributed by atoms with Crippen LogP contribution in [0.3, 0.4) is 0 Å². The quantitative estimate of drug-likeness (QED) is 0.773. The predicted octanol–water partition coefficient (Wildman–Crippen LogP) is 1.50. The summed E-state index contributed by atoms with van der Waals surface area (Å²) in [6.45, 7) is 2.46. The minimum absolute atomic E-state index is 0.103. The Hall–Kier alpha value is -1.58. The van der Waals surface area contributed by atoms with E-state index in [-0.39, 0.29) is 6.42 Å². The van der Waals surface area contributed by atoms with Crippen molar-refractivity contribution >= 4 is 5.97 Å². The molecular weight excluding hydrogens is 182 g/mol. The number of rotatable bonds is 5. The van der Waals surface area contributed by atoms with E-state index in [1.807, 2.05) is 6.92 Å². The van der Waals surface area contributed by atoms with Crippen LogP contribution in [-0.4, -0.2) is 22.7 Å². The zero-order chi connectivity index (χ0) is 10.4. The highest BCUT2D eigenvalue weighted by Crippen LogP contribution is 2.17. The van der Waals surface area contributed by atoms with Gasteiger partial charge in [-0.1, -0.05) is 0 Å². The molecule has 0 spiro atoms. The molecular formula is C10H13NO3. The molecule has 0 radical (unpaired) electrons. The second-order valence-electron chi connectivity index (χ2n) is 2.81. The number of pyridine rings is 1. The average molecular weight is 195 g/mol. The van der Waals surface area contributed by atoms with Gasteiger partial charge in [0, 0.05) is 24.4 Å². The monoisotopic (exact) mass is 195 g/mol. The SMILES string of the molecule is CCOc1ccncc1CCC(=O)O. The number of aromatic nitrogens is 1. The van der Waals surface area contributed by atoms with Crippen molar-refractivity contribution in [1.82, 2.24) is 4.98 Å². The van der Waals surface area contributed by atoms with Crippen LogP contribution in [0.15, 0.2) is 18.5 Å². The van der Waals surface area contributed by atoms with Gasteiger partial charge in [-0.25, -0.2) is 0 Å². The van der Waals surface area contributed by atoms with Crippen LogP contribution in [0.4, 0.5) is 0 Å². The lowest BCUT2D eigenvalue weighted by atomic mass is 10.1. The van der Waals surface area contributed by atoms with Gasteiger partial charge < -0.3 is 9.84 Å². The van der Waals surface area contributed by atoms with Crippen LogP contribution in [0.25, 0.3) is 0 Å². The normalized spacial score (nSPS) is 9.79. The van der Waals surface area contributed by atoms with Crippen LogP contribution >= 0.6 is 0 Å². The molecule has 0 unspecified atom stereocenters. The standard InChI is InChI=1S/C10H13NO3/c1-2-14-9-5-6-11-7-8(9)3-4-10(12)13/h5-7H,2-4H2,1H3,(H,12,13). The van der Waals surface area contributed by atoms with Gasteiger partial charge in [-0.05, 0) is 19.4 Å². The fourth-order valence-electron chi connectivity index (χ4n) is 1.14. The van der Waals surface area contributed by atoms with Gasteiger partial charge in [-0.15, -0.1) is 0 Å². The average Bonchev–Trinajstić information content (AvgIpc) is 2.17. The number of nitrogens with zero attached hydrogens (tertiary/aromatic N) is 1. The zero-order valence-corrected chi connectivity index (χ0v) is 8.06. The van der Waals surface area contributed by atoms with Crippen LogP contribution in [0.1, 0.15) is 18.9 Å². The second kappa shape index (κ2) is 5.21. The Morgan fingerprint density at radius 3 is 3.07 bits per heavy atom. The molecule has 1 aromatic rings. The largest absolute Gasteiger partial charge is 0.493 e. The highest BCUT2D eigenvalue weighted by Gasteiger charge is 2.05. The molecule has 0 bridgehead atoms. The van der Waals surface area contributed by atoms with Crippen molar-refractivity contribution in [3.05, 3.63) is 24.0 Å². The van der Waals surface area contributed by atoms with E-state index in [4.69, 9.17) is 9.84 Å². The van der Waals surface area contributed by atoms with E-state index in [1.165, 1.54) is 0 Å². The molecule has 0 aromatic carbocycles. The van der Waals surface area contributed by atoms with Crippen LogP contribution in [0, 0.1) is 0 Å². The number of carboxylic acids is 1. The Bertz CT molecular complexity index is 312. The van der Waals surface area contributed by atoms with Crippen molar-refractivity contribution in [1.29, 1.82) is 0 Å². The van der Waals surface area contributed by atoms with Gasteiger partial charge in [0.05, 0.1) is 6.61 Å². The first kappa shape index (κ1) is 10.5. The lowest BCUT2D eigenvalue weighted by molar-refractivity contribution is -0.136. The molecule has 4 nitrogen and oxygen atoms in total. The summed E-state index contributed by atoms with van der Waals surface area (Å²) in [5.74, 6) is -0.0833. The van der Waals surface area contributed by atoms with Gasteiger partial charge >= 0.3 is 5.97 Å². The Morgan fingerprint density at radius 1 is 1.64 bits per heavy atom. The summed E-state index contributed by atoms with van der Waals surface area (Å²) in [5.41, 5.74) is 0.844. The lowest BCUT2D eigenvalue weighted by Crippen LogP contribution is -2.01. The van der Waals surface area contributed by atoms with Crippen molar-refractivity contribution in [2.75, 3.05) is 6.61 Å². The van der Waals surface area contributed by atoms with Crippen molar-refractivity contribution in [3.8, 4) is 5.75 Å². The second-order valence-corrected chi connectivity index (χ2v) is 2.81. The van der Waals surface area contributed by atoms with E-state index in [0.717, 1.165) is 11.3 Å². The molecule has 0 aliphatic heterocycles. The molecule has 1 aromatic heterocycles.